The minimum Gasteiger partial charge on any atom is -0.480 e. The van der Waals surface area contributed by atoms with Crippen LogP contribution in [0.15, 0.2) is 9.84 Å². The lowest BCUT2D eigenvalue weighted by molar-refractivity contribution is -0.0824. The summed E-state index contributed by atoms with van der Waals surface area (Å²) < 4.78 is 5.51. The van der Waals surface area contributed by atoms with Gasteiger partial charge in [-0.25, -0.2) is 0 Å². The van der Waals surface area contributed by atoms with E-state index in [9.17, 15) is 5.11 Å². The Kier molecular flexibility index (Phi) is 3.11. The van der Waals surface area contributed by atoms with Crippen LogP contribution in [0.25, 0.3) is 0 Å². The van der Waals surface area contributed by atoms with E-state index in [1.54, 1.807) is 0 Å². The molecule has 0 saturated carbocycles. The average Bonchev–Trinajstić information content (AvgIpc) is 1.96. The molecule has 0 aromatic heterocycles. The average molecular weight is 272 g/mol. The van der Waals surface area contributed by atoms with Crippen LogP contribution in [0, 0.1) is 0 Å². The first-order valence-electron chi connectivity index (χ1n) is 3.16. The number of rotatable bonds is 1. The molecule has 3 atom stereocenters. The van der Waals surface area contributed by atoms with E-state index < -0.39 is 18.3 Å². The molecule has 0 aromatic rings. The molecule has 0 saturated heterocycles. The summed E-state index contributed by atoms with van der Waals surface area (Å²) in [6.45, 7) is -0.293. The van der Waals surface area contributed by atoms with Crippen molar-refractivity contribution in [1.82, 2.24) is 0 Å². The van der Waals surface area contributed by atoms with Gasteiger partial charge in [0.25, 0.3) is 0 Å². The molecule has 0 amide bonds. The molecule has 64 valence electrons. The predicted molar refractivity (Wildman–Crippen MR) is 46.1 cm³/mol. The second-order valence-electron chi connectivity index (χ2n) is 2.29. The molecule has 0 spiro atoms. The number of hydrogen-bond donors (Lipinski definition) is 3. The van der Waals surface area contributed by atoms with E-state index in [0.29, 0.717) is 3.77 Å². The Morgan fingerprint density at radius 2 is 2.18 bits per heavy atom. The van der Waals surface area contributed by atoms with Crippen LogP contribution in [-0.2, 0) is 4.74 Å². The van der Waals surface area contributed by atoms with Gasteiger partial charge in [0.15, 0.2) is 9.87 Å². The summed E-state index contributed by atoms with van der Waals surface area (Å²) in [4.78, 5) is 0. The van der Waals surface area contributed by atoms with Crippen LogP contribution < -0.4 is 0 Å². The summed E-state index contributed by atoms with van der Waals surface area (Å²) in [6.07, 6.45) is -1.27. The molecule has 0 unspecified atom stereocenters. The highest BCUT2D eigenvalue weighted by molar-refractivity contribution is 14.1. The standard InChI is InChI=1S/C6H9IO4/c7-5-1-3(9)6(10)4(2-8)11-5/h1,3-4,6,8-10H,2H2/t3-,4-,6-/m1/s1. The zero-order chi connectivity index (χ0) is 8.43. The highest BCUT2D eigenvalue weighted by atomic mass is 127. The fourth-order valence-corrected chi connectivity index (χ4v) is 1.55. The van der Waals surface area contributed by atoms with Crippen LogP contribution in [0.4, 0.5) is 0 Å². The van der Waals surface area contributed by atoms with E-state index >= 15 is 0 Å². The minimum atomic E-state index is -1.03. The summed E-state index contributed by atoms with van der Waals surface area (Å²) in [5.74, 6) is 0. The van der Waals surface area contributed by atoms with Gasteiger partial charge in [-0.1, -0.05) is 0 Å². The highest BCUT2D eigenvalue weighted by Crippen LogP contribution is 2.21. The Morgan fingerprint density at radius 1 is 1.55 bits per heavy atom. The maximum atomic E-state index is 9.17. The van der Waals surface area contributed by atoms with Crippen molar-refractivity contribution >= 4 is 22.6 Å². The molecular weight excluding hydrogens is 263 g/mol. The molecule has 1 rings (SSSR count). The van der Waals surface area contributed by atoms with Crippen LogP contribution in [-0.4, -0.2) is 40.2 Å². The molecule has 1 aliphatic rings. The maximum absolute atomic E-state index is 9.17. The summed E-state index contributed by atoms with van der Waals surface area (Å²) in [7, 11) is 0. The van der Waals surface area contributed by atoms with Gasteiger partial charge in [-0.3, -0.25) is 0 Å². The van der Waals surface area contributed by atoms with E-state index in [0.717, 1.165) is 0 Å². The maximum Gasteiger partial charge on any atom is 0.156 e. The van der Waals surface area contributed by atoms with E-state index in [-0.39, 0.29) is 6.61 Å². The molecule has 11 heavy (non-hydrogen) atoms. The summed E-state index contributed by atoms with van der Waals surface area (Å²) in [5.41, 5.74) is 0. The van der Waals surface area contributed by atoms with Crippen LogP contribution in [0.5, 0.6) is 0 Å². The van der Waals surface area contributed by atoms with Gasteiger partial charge >= 0.3 is 0 Å². The first kappa shape index (κ1) is 9.24. The molecular formula is C6H9IO4. The molecule has 5 heteroatoms. The molecule has 0 aliphatic carbocycles. The normalized spacial score (nSPS) is 37.8. The van der Waals surface area contributed by atoms with E-state index in [1.165, 1.54) is 6.08 Å². The number of ether oxygens (including phenoxy) is 1. The highest BCUT2D eigenvalue weighted by Gasteiger charge is 2.30. The second kappa shape index (κ2) is 3.70. The fourth-order valence-electron chi connectivity index (χ4n) is 0.852. The lowest BCUT2D eigenvalue weighted by Crippen LogP contribution is -2.42. The van der Waals surface area contributed by atoms with E-state index in [4.69, 9.17) is 14.9 Å². The lowest BCUT2D eigenvalue weighted by atomic mass is 10.1. The molecule has 0 fully saturated rings. The molecule has 1 aliphatic heterocycles. The molecule has 1 heterocycles. The Hall–Kier alpha value is 0.150. The van der Waals surface area contributed by atoms with Crippen LogP contribution >= 0.6 is 22.6 Å². The van der Waals surface area contributed by atoms with Crippen molar-refractivity contribution in [2.75, 3.05) is 6.61 Å². The van der Waals surface area contributed by atoms with Gasteiger partial charge in [0.2, 0.25) is 0 Å². The third-order valence-corrected chi connectivity index (χ3v) is 2.09. The third kappa shape index (κ3) is 2.05. The smallest absolute Gasteiger partial charge is 0.156 e. The largest absolute Gasteiger partial charge is 0.480 e. The summed E-state index contributed by atoms with van der Waals surface area (Å²) in [5, 5.41) is 27.0. The number of hydrogen-bond acceptors (Lipinski definition) is 4. The van der Waals surface area contributed by atoms with Gasteiger partial charge in [0.05, 0.1) is 6.61 Å². The first-order valence-corrected chi connectivity index (χ1v) is 4.24. The molecule has 3 N–H and O–H groups in total. The Bertz CT molecular complexity index is 170. The van der Waals surface area contributed by atoms with Crippen molar-refractivity contribution in [2.24, 2.45) is 0 Å². The molecule has 0 aromatic carbocycles. The van der Waals surface area contributed by atoms with E-state index in [2.05, 4.69) is 0 Å². The Balaban J connectivity index is 2.67. The molecule has 0 radical (unpaired) electrons. The Morgan fingerprint density at radius 3 is 2.73 bits per heavy atom. The zero-order valence-corrected chi connectivity index (χ0v) is 7.80. The monoisotopic (exact) mass is 272 g/mol. The lowest BCUT2D eigenvalue weighted by Gasteiger charge is -2.28. The van der Waals surface area contributed by atoms with Crippen molar-refractivity contribution in [3.63, 3.8) is 0 Å². The van der Waals surface area contributed by atoms with Crippen molar-refractivity contribution in [3.05, 3.63) is 9.84 Å². The predicted octanol–water partition coefficient (Wildman–Crippen LogP) is -0.624. The van der Waals surface area contributed by atoms with Crippen molar-refractivity contribution in [3.8, 4) is 0 Å². The molecule has 0 bridgehead atoms. The van der Waals surface area contributed by atoms with Crippen molar-refractivity contribution in [2.45, 2.75) is 18.3 Å². The third-order valence-electron chi connectivity index (χ3n) is 1.48. The van der Waals surface area contributed by atoms with Gasteiger partial charge in [0, 0.05) is 0 Å². The van der Waals surface area contributed by atoms with Crippen molar-refractivity contribution in [1.29, 1.82) is 0 Å². The van der Waals surface area contributed by atoms with Crippen LogP contribution in [0.1, 0.15) is 0 Å². The van der Waals surface area contributed by atoms with Gasteiger partial charge in [0.1, 0.15) is 12.2 Å². The number of aliphatic hydroxyl groups is 3. The number of halogens is 1. The van der Waals surface area contributed by atoms with Gasteiger partial charge in [-0.15, -0.1) is 0 Å². The number of aliphatic hydroxyl groups excluding tert-OH is 3. The second-order valence-corrected chi connectivity index (χ2v) is 3.35. The van der Waals surface area contributed by atoms with Crippen LogP contribution in [0.3, 0.4) is 0 Å². The zero-order valence-electron chi connectivity index (χ0n) is 5.64. The SMILES string of the molecule is OC[C@H]1OC(I)=C[C@@H](O)[C@H]1O. The fraction of sp³-hybridized carbons (Fsp3) is 0.667. The molecule has 4 nitrogen and oxygen atoms in total. The Labute approximate surface area is 77.6 Å². The van der Waals surface area contributed by atoms with Gasteiger partial charge < -0.3 is 20.1 Å². The minimum absolute atomic E-state index is 0.293. The first-order chi connectivity index (χ1) is 5.15. The van der Waals surface area contributed by atoms with Gasteiger partial charge in [-0.05, 0) is 28.7 Å². The summed E-state index contributed by atoms with van der Waals surface area (Å²) >= 11 is 1.88. The topological polar surface area (TPSA) is 69.9 Å². The summed E-state index contributed by atoms with van der Waals surface area (Å²) in [6, 6.07) is 0. The van der Waals surface area contributed by atoms with Gasteiger partial charge in [-0.2, -0.15) is 0 Å². The quantitative estimate of drug-likeness (QED) is 0.556. The van der Waals surface area contributed by atoms with Crippen molar-refractivity contribution < 1.29 is 20.1 Å². The van der Waals surface area contributed by atoms with Crippen LogP contribution in [0.2, 0.25) is 0 Å². The van der Waals surface area contributed by atoms with E-state index in [1.807, 2.05) is 22.6 Å².